The molecule has 0 radical (unpaired) electrons. The Morgan fingerprint density at radius 1 is 0.554 bits per heavy atom. The molecule has 4 aromatic rings. The van der Waals surface area contributed by atoms with Gasteiger partial charge in [-0.25, -0.2) is 9.59 Å². The fraction of sp³-hybridized carbons (Fsp3) is 0.395. The molecule has 0 spiro atoms. The third-order valence-corrected chi connectivity index (χ3v) is 20.9. The molecule has 302 valence electrons. The Labute approximate surface area is 335 Å². The summed E-state index contributed by atoms with van der Waals surface area (Å²) in [6.45, 7) is 15.5. The van der Waals surface area contributed by atoms with Gasteiger partial charge in [-0.2, -0.15) is 0 Å². The first-order chi connectivity index (χ1) is 26.5. The number of aryl methyl sites for hydroxylation is 2. The molecule has 0 amide bonds. The maximum absolute atomic E-state index is 12.7. The fourth-order valence-corrected chi connectivity index (χ4v) is 21.0. The zero-order chi connectivity index (χ0) is 40.9. The van der Waals surface area contributed by atoms with Crippen LogP contribution in [0.2, 0.25) is 51.4 Å². The van der Waals surface area contributed by atoms with Gasteiger partial charge in [-0.3, -0.25) is 0 Å². The Hall–Kier alpha value is -4.41. The van der Waals surface area contributed by atoms with Crippen molar-refractivity contribution in [1.82, 2.24) is 0 Å². The van der Waals surface area contributed by atoms with Crippen LogP contribution in [0.5, 0.6) is 28.7 Å². The van der Waals surface area contributed by atoms with Crippen LogP contribution in [0.1, 0.15) is 47.9 Å². The summed E-state index contributed by atoms with van der Waals surface area (Å²) in [5.74, 6) is 2.20. The van der Waals surface area contributed by atoms with E-state index in [1.165, 1.54) is 12.7 Å². The molecule has 0 saturated heterocycles. The molecule has 4 rings (SSSR count). The molecule has 0 N–H and O–H groups in total. The van der Waals surface area contributed by atoms with E-state index in [0.29, 0.717) is 28.7 Å². The minimum absolute atomic E-state index is 0.214. The normalized spacial score (nSPS) is 12.4. The second-order valence-electron chi connectivity index (χ2n) is 15.5. The average Bonchev–Trinajstić information content (AvgIpc) is 3.15. The van der Waals surface area contributed by atoms with Gasteiger partial charge in [0.2, 0.25) is 0 Å². The molecule has 0 aliphatic heterocycles. The van der Waals surface area contributed by atoms with E-state index in [0.717, 1.165) is 54.5 Å². The Morgan fingerprint density at radius 2 is 1.02 bits per heavy atom. The average molecular weight is 819 g/mol. The summed E-state index contributed by atoms with van der Waals surface area (Å²) in [7, 11) is -2.09. The summed E-state index contributed by atoms with van der Waals surface area (Å²) in [6.07, 6.45) is 1.98. The molecular weight excluding hydrogens is 761 g/mol. The van der Waals surface area contributed by atoms with Gasteiger partial charge >= 0.3 is 20.9 Å². The lowest BCUT2D eigenvalue weighted by molar-refractivity contribution is 0.120. The minimum atomic E-state index is -2.40. The monoisotopic (exact) mass is 818 g/mol. The van der Waals surface area contributed by atoms with Gasteiger partial charge in [0, 0.05) is 5.92 Å². The van der Waals surface area contributed by atoms with Crippen LogP contribution in [0, 0.1) is 0 Å². The Bertz CT molecular complexity index is 1880. The quantitative estimate of drug-likeness (QED) is 0.0515. The van der Waals surface area contributed by atoms with Crippen LogP contribution in [0.25, 0.3) is 0 Å². The maximum Gasteiger partial charge on any atom is 0.519 e. The van der Waals surface area contributed by atoms with E-state index in [1.807, 2.05) is 54.6 Å². The van der Waals surface area contributed by atoms with E-state index in [9.17, 15) is 9.59 Å². The van der Waals surface area contributed by atoms with Gasteiger partial charge in [0.05, 0.1) is 21.3 Å². The highest BCUT2D eigenvalue weighted by Crippen LogP contribution is 2.33. The lowest BCUT2D eigenvalue weighted by Crippen LogP contribution is -2.52. The molecule has 0 aliphatic carbocycles. The SMILES string of the molecule is COC(=O)Oc1ccc(CCC[Si](C)(C)O[Si](C)(C)O[Si](C)(C)CCCc2ccc(OC(=O)Oc3ccc(C(C)c4ccccc4)cc3)c(OC)c2)cc1OC. The molecule has 1 atom stereocenters. The van der Waals surface area contributed by atoms with Crippen LogP contribution < -0.4 is 23.7 Å². The van der Waals surface area contributed by atoms with Gasteiger partial charge in [-0.05, 0) is 136 Å². The largest absolute Gasteiger partial charge is 0.519 e. The predicted octanol–water partition coefficient (Wildman–Crippen LogP) is 11.3. The lowest BCUT2D eigenvalue weighted by atomic mass is 9.93. The van der Waals surface area contributed by atoms with Crippen molar-refractivity contribution in [3.63, 3.8) is 0 Å². The Morgan fingerprint density at radius 3 is 1.48 bits per heavy atom. The zero-order valence-corrected chi connectivity index (χ0v) is 37.6. The number of hydrogen-bond acceptors (Lipinski definition) is 10. The summed E-state index contributed by atoms with van der Waals surface area (Å²) in [4.78, 5) is 24.2. The highest BCUT2D eigenvalue weighted by Gasteiger charge is 2.39. The number of methoxy groups -OCH3 is 3. The van der Waals surface area contributed by atoms with Crippen LogP contribution in [-0.4, -0.2) is 58.8 Å². The summed E-state index contributed by atoms with van der Waals surface area (Å²) >= 11 is 0. The summed E-state index contributed by atoms with van der Waals surface area (Å²) in [5.41, 5.74) is 4.52. The van der Waals surface area contributed by atoms with Crippen LogP contribution in [-0.2, 0) is 25.8 Å². The van der Waals surface area contributed by atoms with Gasteiger partial charge < -0.3 is 36.7 Å². The molecule has 0 aromatic heterocycles. The third-order valence-electron chi connectivity index (χ3n) is 9.42. The standard InChI is InChI=1S/C43H58O10Si3/c1-32(35-18-12-11-13-19-35)36-22-24-37(25-23-36)49-43(45)51-39-27-21-34(31-41(39)47-3)17-15-29-55(7,8)53-56(9,10)52-54(5,6)28-14-16-33-20-26-38(40(30-33)46-2)50-42(44)48-4/h11-13,18-27,30-32H,14-17,28-29H2,1-10H3. The molecule has 0 heterocycles. The zero-order valence-electron chi connectivity index (χ0n) is 34.6. The Balaban J connectivity index is 1.22. The van der Waals surface area contributed by atoms with E-state index in [2.05, 4.69) is 63.1 Å². The molecule has 0 fully saturated rings. The summed E-state index contributed by atoms with van der Waals surface area (Å²) in [6, 6.07) is 30.9. The molecule has 4 aromatic carbocycles. The molecule has 1 unspecified atom stereocenters. The van der Waals surface area contributed by atoms with Gasteiger partial charge in [0.1, 0.15) is 5.75 Å². The molecule has 0 bridgehead atoms. The highest BCUT2D eigenvalue weighted by molar-refractivity contribution is 6.87. The van der Waals surface area contributed by atoms with Crippen molar-refractivity contribution < 1.29 is 46.2 Å². The lowest BCUT2D eigenvalue weighted by Gasteiger charge is -2.39. The van der Waals surface area contributed by atoms with E-state index < -0.39 is 37.5 Å². The first kappa shape index (κ1) is 44.3. The number of hydrogen-bond donors (Lipinski definition) is 0. The maximum atomic E-state index is 12.7. The molecule has 13 heteroatoms. The van der Waals surface area contributed by atoms with Crippen LogP contribution in [0.15, 0.2) is 91.0 Å². The molecule has 10 nitrogen and oxygen atoms in total. The first-order valence-corrected chi connectivity index (χ1v) is 28.1. The number of carbonyl (C=O) groups is 2. The summed E-state index contributed by atoms with van der Waals surface area (Å²) < 4.78 is 45.5. The van der Waals surface area contributed by atoms with Gasteiger partial charge in [0.15, 0.2) is 39.6 Å². The number of benzene rings is 4. The first-order valence-electron chi connectivity index (χ1n) is 19.1. The van der Waals surface area contributed by atoms with Crippen molar-refractivity contribution in [2.24, 2.45) is 0 Å². The van der Waals surface area contributed by atoms with E-state index in [4.69, 9.17) is 31.9 Å². The highest BCUT2D eigenvalue weighted by atomic mass is 28.5. The smallest absolute Gasteiger partial charge is 0.493 e. The molecule has 56 heavy (non-hydrogen) atoms. The predicted molar refractivity (Wildman–Crippen MR) is 227 cm³/mol. The second-order valence-corrected chi connectivity index (χ2v) is 28.0. The molecule has 0 aliphatic rings. The van der Waals surface area contributed by atoms with Crippen molar-refractivity contribution in [2.75, 3.05) is 21.3 Å². The van der Waals surface area contributed by atoms with Crippen molar-refractivity contribution in [2.45, 2.75) is 89.9 Å². The van der Waals surface area contributed by atoms with Gasteiger partial charge in [-0.15, -0.1) is 0 Å². The van der Waals surface area contributed by atoms with Crippen molar-refractivity contribution in [1.29, 1.82) is 0 Å². The van der Waals surface area contributed by atoms with Crippen molar-refractivity contribution in [3.8, 4) is 28.7 Å². The fourth-order valence-electron chi connectivity index (χ4n) is 6.89. The van der Waals surface area contributed by atoms with Crippen LogP contribution in [0.3, 0.4) is 0 Å². The van der Waals surface area contributed by atoms with Gasteiger partial charge in [-0.1, -0.05) is 61.5 Å². The number of rotatable bonds is 19. The van der Waals surface area contributed by atoms with Crippen LogP contribution >= 0.6 is 0 Å². The third kappa shape index (κ3) is 14.0. The summed E-state index contributed by atoms with van der Waals surface area (Å²) in [5, 5.41) is 0. The van der Waals surface area contributed by atoms with Crippen molar-refractivity contribution >= 4 is 37.5 Å². The number of ether oxygens (including phenoxy) is 6. The second kappa shape index (κ2) is 20.1. The minimum Gasteiger partial charge on any atom is -0.493 e. The van der Waals surface area contributed by atoms with E-state index in [1.54, 1.807) is 38.5 Å². The molecular formula is C43H58O10Si3. The van der Waals surface area contributed by atoms with E-state index >= 15 is 0 Å². The topological polar surface area (TPSA) is 108 Å². The molecule has 0 saturated carbocycles. The van der Waals surface area contributed by atoms with E-state index in [-0.39, 0.29) is 5.92 Å². The Kier molecular flexibility index (Phi) is 15.9. The van der Waals surface area contributed by atoms with Gasteiger partial charge in [0.25, 0.3) is 0 Å². The number of carbonyl (C=O) groups excluding carboxylic acids is 2. The van der Waals surface area contributed by atoms with Crippen molar-refractivity contribution in [3.05, 3.63) is 113 Å². The van der Waals surface area contributed by atoms with Crippen LogP contribution in [0.4, 0.5) is 9.59 Å².